The third-order valence-electron chi connectivity index (χ3n) is 5.85. The summed E-state index contributed by atoms with van der Waals surface area (Å²) >= 11 is 0. The molecule has 2 N–H and O–H groups in total. The Balaban J connectivity index is 1.61. The molecule has 0 radical (unpaired) electrons. The van der Waals surface area contributed by atoms with E-state index in [1.54, 1.807) is 7.05 Å². The maximum Gasteiger partial charge on any atom is 0.325 e. The molecule has 1 aromatic rings. The molecule has 29 heavy (non-hydrogen) atoms. The van der Waals surface area contributed by atoms with Gasteiger partial charge in [-0.25, -0.2) is 9.79 Å². The van der Waals surface area contributed by atoms with E-state index in [1.165, 1.54) is 4.90 Å². The third kappa shape index (κ3) is 3.79. The fourth-order valence-corrected chi connectivity index (χ4v) is 4.26. The van der Waals surface area contributed by atoms with Crippen LogP contribution in [0, 0.1) is 6.92 Å². The van der Waals surface area contributed by atoms with Crippen molar-refractivity contribution in [2.75, 3.05) is 46.4 Å². The minimum atomic E-state index is -0.538. The first-order valence-electron chi connectivity index (χ1n) is 10.0. The first-order valence-corrected chi connectivity index (χ1v) is 10.0. The first-order chi connectivity index (χ1) is 14.0. The van der Waals surface area contributed by atoms with Crippen molar-refractivity contribution in [1.29, 1.82) is 0 Å². The van der Waals surface area contributed by atoms with Crippen LogP contribution < -0.4 is 5.32 Å². The number of guanidine groups is 1. The highest BCUT2D eigenvalue weighted by molar-refractivity contribution is 6.03. The van der Waals surface area contributed by atoms with E-state index in [0.717, 1.165) is 43.3 Å². The number of piperazine rings is 1. The highest BCUT2D eigenvalue weighted by atomic mass is 16.3. The van der Waals surface area contributed by atoms with Gasteiger partial charge in [-0.1, -0.05) is 29.8 Å². The topological polar surface area (TPSA) is 91.7 Å². The number of aryl methyl sites for hydroxylation is 1. The lowest BCUT2D eigenvalue weighted by Crippen LogP contribution is -2.64. The Hall–Kier alpha value is -2.65. The van der Waals surface area contributed by atoms with Gasteiger partial charge in [0.05, 0.1) is 6.61 Å². The van der Waals surface area contributed by atoms with Crippen LogP contribution in [0.4, 0.5) is 4.79 Å². The van der Waals surface area contributed by atoms with Gasteiger partial charge in [0.25, 0.3) is 5.91 Å². The molecule has 9 nitrogen and oxygen atoms in total. The highest BCUT2D eigenvalue weighted by Crippen LogP contribution is 2.27. The van der Waals surface area contributed by atoms with Crippen molar-refractivity contribution < 1.29 is 14.7 Å². The second kappa shape index (κ2) is 8.00. The smallest absolute Gasteiger partial charge is 0.325 e. The van der Waals surface area contributed by atoms with Crippen molar-refractivity contribution in [3.05, 3.63) is 35.4 Å². The van der Waals surface area contributed by atoms with Gasteiger partial charge in [0, 0.05) is 46.3 Å². The van der Waals surface area contributed by atoms with Crippen LogP contribution in [0.15, 0.2) is 29.3 Å². The minimum Gasteiger partial charge on any atom is -0.395 e. The molecule has 3 aliphatic rings. The summed E-state index contributed by atoms with van der Waals surface area (Å²) in [6, 6.07) is 7.27. The minimum absolute atomic E-state index is 0.150. The molecule has 2 atom stereocenters. The Labute approximate surface area is 170 Å². The van der Waals surface area contributed by atoms with Crippen LogP contribution >= 0.6 is 0 Å². The maximum atomic E-state index is 12.7. The van der Waals surface area contributed by atoms with E-state index in [-0.39, 0.29) is 12.5 Å². The summed E-state index contributed by atoms with van der Waals surface area (Å²) in [6.45, 7) is 6.60. The lowest BCUT2D eigenvalue weighted by atomic mass is 10.1. The van der Waals surface area contributed by atoms with Crippen LogP contribution in [0.5, 0.6) is 0 Å². The number of β-amino-alcohol motifs (C(OH)–C–C–N with tert-alkyl or cyclic N) is 1. The van der Waals surface area contributed by atoms with E-state index >= 15 is 0 Å². The Morgan fingerprint density at radius 1 is 1.21 bits per heavy atom. The van der Waals surface area contributed by atoms with E-state index in [9.17, 15) is 14.7 Å². The number of carbonyl (C=O) groups excluding carboxylic acids is 2. The largest absolute Gasteiger partial charge is 0.395 e. The molecule has 3 aliphatic heterocycles. The summed E-state index contributed by atoms with van der Waals surface area (Å²) in [6.07, 6.45) is -0.522. The quantitative estimate of drug-likeness (QED) is 0.718. The zero-order chi connectivity index (χ0) is 20.5. The number of aliphatic imine (C=N–C) groups is 1. The van der Waals surface area contributed by atoms with Crippen molar-refractivity contribution in [3.8, 4) is 0 Å². The van der Waals surface area contributed by atoms with E-state index in [4.69, 9.17) is 4.99 Å². The number of hydrogen-bond donors (Lipinski definition) is 2. The van der Waals surface area contributed by atoms with Gasteiger partial charge < -0.3 is 19.8 Å². The Kier molecular flexibility index (Phi) is 5.42. The van der Waals surface area contributed by atoms with E-state index in [0.29, 0.717) is 13.1 Å². The van der Waals surface area contributed by atoms with E-state index < -0.39 is 18.2 Å². The number of aliphatic hydroxyl groups excluding tert-OH is 1. The number of carbonyl (C=O) groups is 2. The zero-order valence-electron chi connectivity index (χ0n) is 16.9. The summed E-state index contributed by atoms with van der Waals surface area (Å²) in [7, 11) is 1.68. The summed E-state index contributed by atoms with van der Waals surface area (Å²) in [5.74, 6) is 0.463. The second-order valence-corrected chi connectivity index (χ2v) is 7.86. The SMILES string of the molecule is Cc1cccc(CN2C(N3CCN(CCO)CC3)=NC3C2C(=O)NC(=O)N3C)c1. The van der Waals surface area contributed by atoms with E-state index in [1.807, 2.05) is 30.0 Å². The molecule has 156 valence electrons. The van der Waals surface area contributed by atoms with Crippen LogP contribution in [0.25, 0.3) is 0 Å². The van der Waals surface area contributed by atoms with Crippen molar-refractivity contribution >= 4 is 17.9 Å². The van der Waals surface area contributed by atoms with E-state index in [2.05, 4.69) is 21.2 Å². The molecule has 0 spiro atoms. The summed E-state index contributed by atoms with van der Waals surface area (Å²) in [5, 5.41) is 11.6. The molecular formula is C20H28N6O3. The van der Waals surface area contributed by atoms with Crippen LogP contribution in [0.2, 0.25) is 0 Å². The second-order valence-electron chi connectivity index (χ2n) is 7.86. The fraction of sp³-hybridized carbons (Fsp3) is 0.550. The molecule has 3 heterocycles. The molecule has 2 saturated heterocycles. The predicted octanol–water partition coefficient (Wildman–Crippen LogP) is -0.347. The molecule has 0 aromatic heterocycles. The molecular weight excluding hydrogens is 372 g/mol. The van der Waals surface area contributed by atoms with Crippen LogP contribution in [-0.4, -0.2) is 101 Å². The standard InChI is InChI=1S/C20H28N6O3/c1-14-4-3-5-15(12-14)13-26-16-17(23(2)20(29)22-18(16)28)21-19(26)25-8-6-24(7-9-25)10-11-27/h3-5,12,16-17,27H,6-11,13H2,1-2H3,(H,22,28,29). The normalized spacial score (nSPS) is 25.2. The first kappa shape index (κ1) is 19.7. The number of fused-ring (bicyclic) bond motifs is 1. The predicted molar refractivity (Wildman–Crippen MR) is 108 cm³/mol. The highest BCUT2D eigenvalue weighted by Gasteiger charge is 2.49. The van der Waals surface area contributed by atoms with Gasteiger partial charge in [-0.3, -0.25) is 15.0 Å². The summed E-state index contributed by atoms with van der Waals surface area (Å²) < 4.78 is 0. The average molecular weight is 400 g/mol. The monoisotopic (exact) mass is 400 g/mol. The van der Waals surface area contributed by atoms with Crippen LogP contribution in [-0.2, 0) is 11.3 Å². The molecule has 9 heteroatoms. The van der Waals surface area contributed by atoms with Crippen molar-refractivity contribution in [3.63, 3.8) is 0 Å². The Morgan fingerprint density at radius 2 is 1.97 bits per heavy atom. The molecule has 3 amide bonds. The lowest BCUT2D eigenvalue weighted by molar-refractivity contribution is -0.127. The van der Waals surface area contributed by atoms with Gasteiger partial charge in [0.15, 0.2) is 18.2 Å². The van der Waals surface area contributed by atoms with Gasteiger partial charge in [-0.2, -0.15) is 0 Å². The van der Waals surface area contributed by atoms with Gasteiger partial charge >= 0.3 is 6.03 Å². The van der Waals surface area contributed by atoms with Gasteiger partial charge in [0.1, 0.15) is 0 Å². The molecule has 0 bridgehead atoms. The Bertz CT molecular complexity index is 820. The summed E-state index contributed by atoms with van der Waals surface area (Å²) in [5.41, 5.74) is 2.26. The van der Waals surface area contributed by atoms with Crippen molar-refractivity contribution in [1.82, 2.24) is 24.9 Å². The Morgan fingerprint density at radius 3 is 2.66 bits per heavy atom. The number of amides is 3. The van der Waals surface area contributed by atoms with Crippen molar-refractivity contribution in [2.24, 2.45) is 4.99 Å². The number of rotatable bonds is 4. The summed E-state index contributed by atoms with van der Waals surface area (Å²) in [4.78, 5) is 37.6. The van der Waals surface area contributed by atoms with Crippen LogP contribution in [0.3, 0.4) is 0 Å². The number of urea groups is 1. The molecule has 2 fully saturated rings. The number of nitrogens with one attached hydrogen (secondary N) is 1. The molecule has 4 rings (SSSR count). The number of nitrogens with zero attached hydrogens (tertiary/aromatic N) is 5. The molecule has 1 aromatic carbocycles. The molecule has 0 saturated carbocycles. The number of hydrogen-bond acceptors (Lipinski definition) is 7. The number of imide groups is 1. The number of aliphatic hydroxyl groups is 1. The van der Waals surface area contributed by atoms with Gasteiger partial charge in [-0.05, 0) is 12.5 Å². The maximum absolute atomic E-state index is 12.7. The number of benzene rings is 1. The zero-order valence-corrected chi connectivity index (χ0v) is 16.9. The average Bonchev–Trinajstić information content (AvgIpc) is 3.07. The molecule has 2 unspecified atom stereocenters. The van der Waals surface area contributed by atoms with Gasteiger partial charge in [-0.15, -0.1) is 0 Å². The molecule has 0 aliphatic carbocycles. The fourth-order valence-electron chi connectivity index (χ4n) is 4.26. The third-order valence-corrected chi connectivity index (χ3v) is 5.85. The number of likely N-dealkylation sites (N-methyl/N-ethyl adjacent to an activating group) is 1. The van der Waals surface area contributed by atoms with Gasteiger partial charge in [0.2, 0.25) is 0 Å². The van der Waals surface area contributed by atoms with Crippen molar-refractivity contribution in [2.45, 2.75) is 25.7 Å². The lowest BCUT2D eigenvalue weighted by Gasteiger charge is -2.40. The van der Waals surface area contributed by atoms with Crippen LogP contribution in [0.1, 0.15) is 11.1 Å².